The molecule has 1 unspecified atom stereocenters. The van der Waals surface area contributed by atoms with E-state index in [1.54, 1.807) is 29.1 Å². The maximum absolute atomic E-state index is 13.6. The Morgan fingerprint density at radius 3 is 2.70 bits per heavy atom. The Labute approximate surface area is 172 Å². The second-order valence-electron chi connectivity index (χ2n) is 7.34. The molecule has 0 saturated carbocycles. The van der Waals surface area contributed by atoms with Gasteiger partial charge in [0.25, 0.3) is 0 Å². The van der Waals surface area contributed by atoms with Crippen LogP contribution in [0.4, 0.5) is 15.0 Å². The Bertz CT molecular complexity index is 1200. The van der Waals surface area contributed by atoms with Gasteiger partial charge < -0.3 is 9.88 Å². The van der Waals surface area contributed by atoms with Crippen molar-refractivity contribution in [1.29, 1.82) is 0 Å². The summed E-state index contributed by atoms with van der Waals surface area (Å²) in [6.07, 6.45) is 6.07. The first-order valence-electron chi connectivity index (χ1n) is 9.53. The molecular weight excluding hydrogens is 385 g/mol. The number of carbonyl (C=O) groups is 1. The molecule has 4 aromatic rings. The minimum atomic E-state index is -0.377. The van der Waals surface area contributed by atoms with Gasteiger partial charge in [-0.05, 0) is 49.2 Å². The first-order valence-corrected chi connectivity index (χ1v) is 9.53. The Balaban J connectivity index is 1.38. The maximum Gasteiger partial charge on any atom is 0.320 e. The number of fused-ring (bicyclic) bond motifs is 1. The summed E-state index contributed by atoms with van der Waals surface area (Å²) in [7, 11) is 3.75. The van der Waals surface area contributed by atoms with E-state index >= 15 is 0 Å². The van der Waals surface area contributed by atoms with Crippen molar-refractivity contribution >= 4 is 22.8 Å². The Kier molecular flexibility index (Phi) is 5.18. The van der Waals surface area contributed by atoms with Gasteiger partial charge in [0.05, 0.1) is 11.9 Å². The van der Waals surface area contributed by atoms with Crippen molar-refractivity contribution in [2.45, 2.75) is 19.4 Å². The fraction of sp³-hybridized carbons (Fsp3) is 0.238. The van der Waals surface area contributed by atoms with Gasteiger partial charge in [-0.1, -0.05) is 0 Å². The molecule has 0 saturated heterocycles. The quantitative estimate of drug-likeness (QED) is 0.531. The van der Waals surface area contributed by atoms with E-state index in [0.29, 0.717) is 17.9 Å². The summed E-state index contributed by atoms with van der Waals surface area (Å²) in [6, 6.07) is 7.64. The molecule has 2 N–H and O–H groups in total. The summed E-state index contributed by atoms with van der Waals surface area (Å²) in [6.45, 7) is 1.90. The van der Waals surface area contributed by atoms with Crippen LogP contribution in [0.5, 0.6) is 0 Å². The van der Waals surface area contributed by atoms with Gasteiger partial charge in [-0.25, -0.2) is 9.18 Å². The lowest BCUT2D eigenvalue weighted by Gasteiger charge is -2.14. The highest BCUT2D eigenvalue weighted by Gasteiger charge is 2.14. The van der Waals surface area contributed by atoms with Crippen LogP contribution < -0.4 is 10.6 Å². The van der Waals surface area contributed by atoms with Crippen LogP contribution in [0.2, 0.25) is 0 Å². The van der Waals surface area contributed by atoms with E-state index in [4.69, 9.17) is 0 Å². The zero-order valence-corrected chi connectivity index (χ0v) is 16.9. The Hall–Kier alpha value is -3.75. The average Bonchev–Trinajstić information content (AvgIpc) is 3.25. The standard InChI is InChI=1S/C21H22FN7O/c1-13(8-14-11-28(2)19-6-4-16(22)9-17(14)19)24-21(30)25-20-7-5-18(26-27-20)15-10-23-29(3)12-15/h4-7,9-13H,8H2,1-3H3,(H2,24,25,27,30). The van der Waals surface area contributed by atoms with Gasteiger partial charge in [-0.2, -0.15) is 5.10 Å². The highest BCUT2D eigenvalue weighted by Crippen LogP contribution is 2.23. The van der Waals surface area contributed by atoms with E-state index in [9.17, 15) is 9.18 Å². The lowest BCUT2D eigenvalue weighted by molar-refractivity contribution is 0.249. The summed E-state index contributed by atoms with van der Waals surface area (Å²) in [5.74, 6) is 0.0705. The van der Waals surface area contributed by atoms with Crippen LogP contribution in [0.3, 0.4) is 0 Å². The SMILES string of the molecule is CC(Cc1cn(C)c2ccc(F)cc12)NC(=O)Nc1ccc(-c2cnn(C)c2)nn1. The number of nitrogens with one attached hydrogen (secondary N) is 2. The van der Waals surface area contributed by atoms with Gasteiger partial charge in [-0.3, -0.25) is 10.00 Å². The van der Waals surface area contributed by atoms with Crippen LogP contribution in [-0.2, 0) is 20.5 Å². The summed E-state index contributed by atoms with van der Waals surface area (Å²) in [4.78, 5) is 12.3. The second-order valence-corrected chi connectivity index (χ2v) is 7.34. The molecule has 3 heterocycles. The number of amides is 2. The summed E-state index contributed by atoms with van der Waals surface area (Å²) in [5.41, 5.74) is 3.44. The maximum atomic E-state index is 13.6. The molecule has 154 valence electrons. The molecular formula is C21H22FN7O. The van der Waals surface area contributed by atoms with Crippen molar-refractivity contribution in [2.24, 2.45) is 14.1 Å². The molecule has 9 heteroatoms. The molecule has 0 bridgehead atoms. The molecule has 3 aromatic heterocycles. The van der Waals surface area contributed by atoms with Crippen LogP contribution in [-0.4, -0.2) is 36.6 Å². The molecule has 0 radical (unpaired) electrons. The number of benzene rings is 1. The minimum absolute atomic E-state index is 0.165. The van der Waals surface area contributed by atoms with Crippen LogP contribution in [0, 0.1) is 5.82 Å². The van der Waals surface area contributed by atoms with Gasteiger partial charge in [0.15, 0.2) is 5.82 Å². The molecule has 4 rings (SSSR count). The Morgan fingerprint density at radius 1 is 1.17 bits per heavy atom. The van der Waals surface area contributed by atoms with Crippen molar-refractivity contribution in [3.63, 3.8) is 0 Å². The number of nitrogens with zero attached hydrogens (tertiary/aromatic N) is 5. The fourth-order valence-electron chi connectivity index (χ4n) is 3.47. The number of aromatic nitrogens is 5. The topological polar surface area (TPSA) is 89.7 Å². The van der Waals surface area contributed by atoms with E-state index in [1.165, 1.54) is 12.1 Å². The highest BCUT2D eigenvalue weighted by molar-refractivity contribution is 5.88. The van der Waals surface area contributed by atoms with Gasteiger partial charge in [-0.15, -0.1) is 10.2 Å². The molecule has 1 atom stereocenters. The molecule has 2 amide bonds. The van der Waals surface area contributed by atoms with Crippen molar-refractivity contribution in [3.05, 3.63) is 60.3 Å². The third-order valence-corrected chi connectivity index (χ3v) is 4.84. The predicted octanol–water partition coefficient (Wildman–Crippen LogP) is 3.26. The third kappa shape index (κ3) is 4.14. The molecule has 0 spiro atoms. The van der Waals surface area contributed by atoms with Gasteiger partial charge in [0, 0.05) is 49.0 Å². The van der Waals surface area contributed by atoms with Crippen LogP contribution in [0.15, 0.2) is 48.9 Å². The second kappa shape index (κ2) is 7.94. The van der Waals surface area contributed by atoms with Crippen molar-refractivity contribution in [1.82, 2.24) is 29.9 Å². The summed E-state index contributed by atoms with van der Waals surface area (Å²) >= 11 is 0. The van der Waals surface area contributed by atoms with E-state index < -0.39 is 0 Å². The fourth-order valence-corrected chi connectivity index (χ4v) is 3.47. The number of hydrogen-bond acceptors (Lipinski definition) is 4. The number of halogens is 1. The monoisotopic (exact) mass is 407 g/mol. The summed E-state index contributed by atoms with van der Waals surface area (Å²) in [5, 5.41) is 18.7. The first kappa shape index (κ1) is 19.6. The molecule has 8 nitrogen and oxygen atoms in total. The van der Waals surface area contributed by atoms with Gasteiger partial charge in [0.2, 0.25) is 0 Å². The van der Waals surface area contributed by atoms with E-state index in [2.05, 4.69) is 25.9 Å². The first-order chi connectivity index (χ1) is 14.4. The number of aryl methyl sites for hydroxylation is 2. The Morgan fingerprint density at radius 2 is 2.00 bits per heavy atom. The van der Waals surface area contributed by atoms with Crippen LogP contribution in [0.1, 0.15) is 12.5 Å². The normalized spacial score (nSPS) is 12.1. The molecule has 30 heavy (non-hydrogen) atoms. The third-order valence-electron chi connectivity index (χ3n) is 4.84. The summed E-state index contributed by atoms with van der Waals surface area (Å²) < 4.78 is 17.3. The zero-order chi connectivity index (χ0) is 21.3. The van der Waals surface area contributed by atoms with Crippen molar-refractivity contribution in [3.8, 4) is 11.3 Å². The molecule has 0 aliphatic carbocycles. The zero-order valence-electron chi connectivity index (χ0n) is 16.9. The number of urea groups is 1. The number of hydrogen-bond donors (Lipinski definition) is 2. The largest absolute Gasteiger partial charge is 0.350 e. The van der Waals surface area contributed by atoms with E-state index in [1.807, 2.05) is 38.0 Å². The van der Waals surface area contributed by atoms with Crippen LogP contribution in [0.25, 0.3) is 22.2 Å². The predicted molar refractivity (Wildman–Crippen MR) is 112 cm³/mol. The minimum Gasteiger partial charge on any atom is -0.350 e. The highest BCUT2D eigenvalue weighted by atomic mass is 19.1. The van der Waals surface area contributed by atoms with Gasteiger partial charge in [0.1, 0.15) is 5.82 Å². The van der Waals surface area contributed by atoms with Gasteiger partial charge >= 0.3 is 6.03 Å². The number of carbonyl (C=O) groups excluding carboxylic acids is 1. The molecule has 0 fully saturated rings. The molecule has 0 aliphatic rings. The smallest absolute Gasteiger partial charge is 0.320 e. The van der Waals surface area contributed by atoms with Crippen LogP contribution >= 0.6 is 0 Å². The average molecular weight is 407 g/mol. The lowest BCUT2D eigenvalue weighted by Crippen LogP contribution is -2.37. The van der Waals surface area contributed by atoms with E-state index in [0.717, 1.165) is 22.0 Å². The van der Waals surface area contributed by atoms with Crippen molar-refractivity contribution in [2.75, 3.05) is 5.32 Å². The molecule has 0 aliphatic heterocycles. The molecule has 1 aromatic carbocycles. The van der Waals surface area contributed by atoms with Crippen molar-refractivity contribution < 1.29 is 9.18 Å². The van der Waals surface area contributed by atoms with E-state index in [-0.39, 0.29) is 17.9 Å². The number of anilines is 1. The number of rotatable bonds is 5. The lowest BCUT2D eigenvalue weighted by atomic mass is 10.1.